The van der Waals surface area contributed by atoms with Crippen molar-refractivity contribution in [2.45, 2.75) is 11.4 Å². The lowest BCUT2D eigenvalue weighted by molar-refractivity contribution is -0.157. The largest absolute Gasteiger partial charge is 0.481 e. The lowest BCUT2D eigenvalue weighted by Crippen LogP contribution is -2.74. The molecule has 2 aliphatic heterocycles. The first-order valence-electron chi connectivity index (χ1n) is 9.26. The Balaban J connectivity index is 1.67. The van der Waals surface area contributed by atoms with E-state index in [0.29, 0.717) is 6.41 Å². The minimum atomic E-state index is -1.17. The van der Waals surface area contributed by atoms with E-state index in [-0.39, 0.29) is 34.6 Å². The van der Waals surface area contributed by atoms with Gasteiger partial charge in [-0.3, -0.25) is 19.2 Å². The van der Waals surface area contributed by atoms with Crippen molar-refractivity contribution in [1.82, 2.24) is 15.2 Å². The van der Waals surface area contributed by atoms with E-state index in [1.165, 1.54) is 52.4 Å². The van der Waals surface area contributed by atoms with Gasteiger partial charge in [0.1, 0.15) is 29.6 Å². The van der Waals surface area contributed by atoms with E-state index in [1.54, 1.807) is 0 Å². The third kappa shape index (κ3) is 5.13. The van der Waals surface area contributed by atoms with Crippen molar-refractivity contribution in [2.24, 2.45) is 10.6 Å². The Morgan fingerprint density at radius 2 is 2.36 bits per heavy atom. The van der Waals surface area contributed by atoms with Gasteiger partial charge in [0.05, 0.1) is 6.07 Å². The van der Waals surface area contributed by atoms with E-state index in [1.807, 2.05) is 6.07 Å². The minimum absolute atomic E-state index is 0.00439. The van der Waals surface area contributed by atoms with Crippen LogP contribution in [-0.2, 0) is 24.0 Å². The zero-order valence-electron chi connectivity index (χ0n) is 17.1. The highest BCUT2D eigenvalue weighted by Gasteiger charge is 2.57. The number of carbonyl (C=O) groups is 4. The molecule has 3 rings (SSSR count). The van der Waals surface area contributed by atoms with Crippen molar-refractivity contribution < 1.29 is 29.1 Å². The second-order valence-electron chi connectivity index (χ2n) is 6.87. The van der Waals surface area contributed by atoms with Crippen LogP contribution in [-0.4, -0.2) is 81.5 Å². The van der Waals surface area contributed by atoms with Gasteiger partial charge in [-0.2, -0.15) is 5.26 Å². The van der Waals surface area contributed by atoms with Crippen LogP contribution in [0.2, 0.25) is 0 Å². The lowest BCUT2D eigenvalue weighted by Gasteiger charge is -2.53. The highest BCUT2D eigenvalue weighted by molar-refractivity contribution is 8.02. The van der Waals surface area contributed by atoms with Crippen LogP contribution in [0.1, 0.15) is 5.69 Å². The zero-order chi connectivity index (χ0) is 24.0. The van der Waals surface area contributed by atoms with Gasteiger partial charge in [-0.05, 0) is 5.41 Å². The number of carbonyl (C=O) groups excluding carboxylic acids is 3. The number of allylic oxidation sites excluding steroid dienone is 1. The van der Waals surface area contributed by atoms with Gasteiger partial charge in [-0.15, -0.1) is 34.9 Å². The number of oxime groups is 1. The van der Waals surface area contributed by atoms with Crippen molar-refractivity contribution >= 4 is 69.9 Å². The fourth-order valence-corrected chi connectivity index (χ4v) is 6.41. The first kappa shape index (κ1) is 24.6. The molecule has 3 N–H and O–H groups in total. The number of anilines is 1. The van der Waals surface area contributed by atoms with Gasteiger partial charge in [0.25, 0.3) is 5.91 Å². The number of aromatic nitrogens is 1. The molecule has 2 fully saturated rings. The Morgan fingerprint density at radius 1 is 1.58 bits per heavy atom. The Hall–Kier alpha value is -3.09. The van der Waals surface area contributed by atoms with E-state index in [9.17, 15) is 24.3 Å². The summed E-state index contributed by atoms with van der Waals surface area (Å²) in [6, 6.07) is 0.990. The summed E-state index contributed by atoms with van der Waals surface area (Å²) >= 11 is 3.55. The fourth-order valence-electron chi connectivity index (χ4n) is 3.20. The number of hydrogen-bond donors (Lipinski definition) is 3. The number of thioether (sulfide) groups is 2. The number of fused-ring (bicyclic) bond motifs is 1. The van der Waals surface area contributed by atoms with Gasteiger partial charge in [-0.1, -0.05) is 5.16 Å². The summed E-state index contributed by atoms with van der Waals surface area (Å²) in [4.78, 5) is 58.3. The molecule has 33 heavy (non-hydrogen) atoms. The molecular formula is C18H18N6O6S3. The Labute approximate surface area is 200 Å². The predicted octanol–water partition coefficient (Wildman–Crippen LogP) is 0.303. The summed E-state index contributed by atoms with van der Waals surface area (Å²) in [7, 11) is 1.26. The molecular weight excluding hydrogens is 492 g/mol. The summed E-state index contributed by atoms with van der Waals surface area (Å²) in [5.41, 5.74) is -1.17. The van der Waals surface area contributed by atoms with Gasteiger partial charge in [-0.25, -0.2) is 4.98 Å². The normalized spacial score (nSPS) is 24.4. The third-order valence-corrected chi connectivity index (χ3v) is 8.22. The maximum Gasteiger partial charge on any atom is 0.313 e. The van der Waals surface area contributed by atoms with Gasteiger partial charge >= 0.3 is 5.97 Å². The summed E-state index contributed by atoms with van der Waals surface area (Å²) in [6.45, 7) is 0.00439. The molecule has 2 unspecified atom stereocenters. The topological polar surface area (TPSA) is 174 Å². The molecule has 0 saturated carbocycles. The van der Waals surface area contributed by atoms with Crippen LogP contribution in [0, 0.1) is 16.7 Å². The zero-order valence-corrected chi connectivity index (χ0v) is 19.5. The first-order chi connectivity index (χ1) is 15.9. The van der Waals surface area contributed by atoms with Gasteiger partial charge < -0.3 is 25.5 Å². The lowest BCUT2D eigenvalue weighted by atomic mass is 9.89. The van der Waals surface area contributed by atoms with Crippen LogP contribution in [0.15, 0.2) is 22.0 Å². The molecule has 3 amide bonds. The molecule has 1 aromatic rings. The van der Waals surface area contributed by atoms with Crippen molar-refractivity contribution in [2.75, 3.05) is 30.5 Å². The van der Waals surface area contributed by atoms with Gasteiger partial charge in [0.2, 0.25) is 12.3 Å². The van der Waals surface area contributed by atoms with Gasteiger partial charge in [0.15, 0.2) is 10.8 Å². The first-order valence-corrected chi connectivity index (χ1v) is 12.2. The van der Waals surface area contributed by atoms with E-state index in [0.717, 1.165) is 11.3 Å². The number of β-lactam (4-membered cyclic amide) rings is 1. The number of carboxylic acid groups (broad SMARTS) is 1. The van der Waals surface area contributed by atoms with Crippen molar-refractivity contribution in [3.8, 4) is 6.07 Å². The summed E-state index contributed by atoms with van der Waals surface area (Å²) < 4.78 is 0. The molecule has 0 radical (unpaired) electrons. The maximum atomic E-state index is 12.8. The van der Waals surface area contributed by atoms with Crippen LogP contribution < -0.4 is 10.6 Å². The second kappa shape index (κ2) is 10.7. The van der Waals surface area contributed by atoms with Crippen molar-refractivity contribution in [1.29, 1.82) is 5.26 Å². The number of aliphatic carboxylic acids is 1. The third-order valence-electron chi connectivity index (χ3n) is 4.81. The number of hydrogen-bond acceptors (Lipinski definition) is 11. The number of carboxylic acids is 1. The van der Waals surface area contributed by atoms with Gasteiger partial charge in [0, 0.05) is 29.5 Å². The summed E-state index contributed by atoms with van der Waals surface area (Å²) in [5.74, 6) is -1.67. The number of nitriles is 1. The highest BCUT2D eigenvalue weighted by Crippen LogP contribution is 2.43. The molecule has 2 saturated heterocycles. The highest BCUT2D eigenvalue weighted by atomic mass is 32.2. The smallest absolute Gasteiger partial charge is 0.313 e. The van der Waals surface area contributed by atoms with Crippen LogP contribution in [0.25, 0.3) is 0 Å². The quantitative estimate of drug-likeness (QED) is 0.131. The Bertz CT molecular complexity index is 1050. The molecule has 174 valence electrons. The number of nitrogens with one attached hydrogen (secondary N) is 2. The van der Waals surface area contributed by atoms with E-state index in [2.05, 4.69) is 20.8 Å². The number of amides is 3. The molecule has 12 nitrogen and oxygen atoms in total. The average molecular weight is 511 g/mol. The maximum absolute atomic E-state index is 12.8. The fraction of sp³-hybridized carbons (Fsp3) is 0.389. The summed E-state index contributed by atoms with van der Waals surface area (Å²) in [6.07, 6.45) is 1.71. The molecule has 0 aromatic carbocycles. The predicted molar refractivity (Wildman–Crippen MR) is 123 cm³/mol. The summed E-state index contributed by atoms with van der Waals surface area (Å²) in [5, 5.41) is 29.9. The Kier molecular flexibility index (Phi) is 7.95. The standard InChI is InChI=1S/C18H18N6O6S3/c1-30-23-11(10-5-32-17(21-10)20-9-25)13(26)22-12-14(27)24-6-18(16(28)29,8-33-15(12)24)7-31-4-2-3-19/h2,4-5,9,12,15H,6-8H2,1H3,(H,22,26)(H,28,29)(H,20,21,25)/t12?,15-,18?/m1/s1. The molecule has 3 heterocycles. The van der Waals surface area contributed by atoms with E-state index < -0.39 is 34.6 Å². The van der Waals surface area contributed by atoms with Crippen molar-refractivity contribution in [3.05, 3.63) is 22.6 Å². The van der Waals surface area contributed by atoms with Crippen LogP contribution in [0.3, 0.4) is 0 Å². The number of rotatable bonds is 10. The molecule has 2 aliphatic rings. The number of thiazole rings is 1. The average Bonchev–Trinajstić information content (AvgIpc) is 3.26. The number of nitrogens with zero attached hydrogens (tertiary/aromatic N) is 4. The Morgan fingerprint density at radius 3 is 3.03 bits per heavy atom. The van der Waals surface area contributed by atoms with E-state index in [4.69, 9.17) is 10.1 Å². The molecule has 3 atom stereocenters. The second-order valence-corrected chi connectivity index (χ2v) is 9.73. The molecule has 15 heteroatoms. The molecule has 0 bridgehead atoms. The minimum Gasteiger partial charge on any atom is -0.481 e. The monoisotopic (exact) mass is 510 g/mol. The van der Waals surface area contributed by atoms with E-state index >= 15 is 0 Å². The van der Waals surface area contributed by atoms with Crippen LogP contribution >= 0.6 is 34.9 Å². The van der Waals surface area contributed by atoms with Crippen LogP contribution in [0.5, 0.6) is 0 Å². The van der Waals surface area contributed by atoms with Crippen molar-refractivity contribution in [3.63, 3.8) is 0 Å². The molecule has 0 spiro atoms. The SMILES string of the molecule is CON=C(C(=O)NC1C(=O)N2CC(CSC=CC#N)(C(=O)O)CS[C@H]12)c1csc(NC=O)n1. The molecule has 0 aliphatic carbocycles. The van der Waals surface area contributed by atoms with Crippen LogP contribution in [0.4, 0.5) is 5.13 Å². The molecule has 1 aromatic heterocycles.